The summed E-state index contributed by atoms with van der Waals surface area (Å²) in [6.45, 7) is 0. The molecule has 1 N–H and O–H groups in total. The minimum atomic E-state index is -0.626. The van der Waals surface area contributed by atoms with Crippen LogP contribution in [0, 0.1) is 0 Å². The molecule has 4 unspecified atom stereocenters. The van der Waals surface area contributed by atoms with Crippen LogP contribution in [0.5, 0.6) is 0 Å². The molecule has 3 aliphatic rings. The summed E-state index contributed by atoms with van der Waals surface area (Å²) in [6, 6.07) is 10.4. The predicted octanol–water partition coefficient (Wildman–Crippen LogP) is 2.37. The summed E-state index contributed by atoms with van der Waals surface area (Å²) in [5.74, 6) is 0. The molecule has 1 aliphatic carbocycles. The maximum Gasteiger partial charge on any atom is 0.150 e. The summed E-state index contributed by atoms with van der Waals surface area (Å²) in [4.78, 5) is -0.626. The van der Waals surface area contributed by atoms with E-state index < -0.39 is 4.93 Å². The van der Waals surface area contributed by atoms with Crippen LogP contribution in [0.2, 0.25) is 0 Å². The van der Waals surface area contributed by atoms with Crippen LogP contribution >= 0.6 is 23.5 Å². The lowest BCUT2D eigenvalue weighted by molar-refractivity contribution is 0.182. The van der Waals surface area contributed by atoms with Gasteiger partial charge in [-0.1, -0.05) is 36.4 Å². The summed E-state index contributed by atoms with van der Waals surface area (Å²) in [6.07, 6.45) is 4.16. The van der Waals surface area contributed by atoms with Crippen LogP contribution < -0.4 is 0 Å². The molecule has 1 aromatic rings. The normalized spacial score (nSPS) is 49.4. The number of thioether (sulfide) groups is 2. The summed E-state index contributed by atoms with van der Waals surface area (Å²) in [7, 11) is 0. The van der Waals surface area contributed by atoms with Crippen molar-refractivity contribution in [3.63, 3.8) is 0 Å². The molecule has 15 heavy (non-hydrogen) atoms. The van der Waals surface area contributed by atoms with Gasteiger partial charge in [0.15, 0.2) is 0 Å². The first-order valence-corrected chi connectivity index (χ1v) is 6.85. The Kier molecular flexibility index (Phi) is 1.44. The van der Waals surface area contributed by atoms with Crippen molar-refractivity contribution < 1.29 is 5.11 Å². The molecule has 1 nitrogen and oxygen atoms in total. The van der Waals surface area contributed by atoms with Crippen LogP contribution in [-0.4, -0.2) is 20.5 Å². The van der Waals surface area contributed by atoms with Crippen molar-refractivity contribution >= 4 is 23.5 Å². The number of benzene rings is 1. The van der Waals surface area contributed by atoms with Gasteiger partial charge in [0.2, 0.25) is 0 Å². The van der Waals surface area contributed by atoms with Gasteiger partial charge in [0.1, 0.15) is 4.93 Å². The van der Waals surface area contributed by atoms with Gasteiger partial charge >= 0.3 is 0 Å². The summed E-state index contributed by atoms with van der Waals surface area (Å²) >= 11 is 3.67. The Bertz CT molecular complexity index is 458. The average Bonchev–Trinajstić information content (AvgIpc) is 3.10. The summed E-state index contributed by atoms with van der Waals surface area (Å²) < 4.78 is -0.0433. The van der Waals surface area contributed by atoms with E-state index in [1.54, 1.807) is 11.8 Å². The van der Waals surface area contributed by atoms with E-state index in [0.29, 0.717) is 10.5 Å². The van der Waals surface area contributed by atoms with Crippen LogP contribution in [0.1, 0.15) is 5.56 Å². The number of fused-ring (bicyclic) bond motifs is 3. The van der Waals surface area contributed by atoms with Gasteiger partial charge in [-0.2, -0.15) is 0 Å². The molecule has 4 rings (SSSR count). The lowest BCUT2D eigenvalue weighted by atomic mass is 9.85. The fourth-order valence-corrected chi connectivity index (χ4v) is 5.69. The van der Waals surface area contributed by atoms with Crippen LogP contribution in [0.3, 0.4) is 0 Å². The molecular weight excluding hydrogens is 224 g/mol. The van der Waals surface area contributed by atoms with Crippen molar-refractivity contribution in [2.24, 2.45) is 0 Å². The SMILES string of the molecule is OC12C=CC3SC3C1(c1ccccc1)S2. The van der Waals surface area contributed by atoms with Gasteiger partial charge in [-0.3, -0.25) is 0 Å². The van der Waals surface area contributed by atoms with Crippen LogP contribution in [0.4, 0.5) is 0 Å². The fraction of sp³-hybridized carbons (Fsp3) is 0.333. The van der Waals surface area contributed by atoms with Gasteiger partial charge in [-0.25, -0.2) is 0 Å². The third-order valence-corrected chi connectivity index (χ3v) is 6.65. The summed E-state index contributed by atoms with van der Waals surface area (Å²) in [5, 5.41) is 11.6. The molecule has 0 radical (unpaired) electrons. The number of hydrogen-bond donors (Lipinski definition) is 1. The van der Waals surface area contributed by atoms with Crippen molar-refractivity contribution in [3.8, 4) is 0 Å². The van der Waals surface area contributed by atoms with E-state index in [0.717, 1.165) is 0 Å². The molecule has 3 heteroatoms. The van der Waals surface area contributed by atoms with Gasteiger partial charge < -0.3 is 5.11 Å². The van der Waals surface area contributed by atoms with Crippen LogP contribution in [0.25, 0.3) is 0 Å². The molecule has 2 aliphatic heterocycles. The monoisotopic (exact) mass is 234 g/mol. The van der Waals surface area contributed by atoms with Gasteiger partial charge in [-0.05, 0) is 11.6 Å². The first kappa shape index (κ1) is 8.74. The third-order valence-electron chi connectivity index (χ3n) is 3.45. The molecule has 0 bridgehead atoms. The fourth-order valence-electron chi connectivity index (χ4n) is 2.58. The second-order valence-corrected chi connectivity index (χ2v) is 7.08. The molecular formula is C12H10OS2. The zero-order valence-corrected chi connectivity index (χ0v) is 9.59. The first-order chi connectivity index (χ1) is 7.26. The number of aliphatic hydroxyl groups is 1. The molecule has 2 heterocycles. The highest BCUT2D eigenvalue weighted by Gasteiger charge is 2.78. The second kappa shape index (κ2) is 2.47. The quantitative estimate of drug-likeness (QED) is 0.595. The van der Waals surface area contributed by atoms with E-state index in [9.17, 15) is 5.11 Å². The molecule has 4 atom stereocenters. The molecule has 1 aromatic carbocycles. The highest BCUT2D eigenvalue weighted by molar-refractivity contribution is 8.13. The van der Waals surface area contributed by atoms with E-state index in [4.69, 9.17) is 0 Å². The first-order valence-electron chi connectivity index (χ1n) is 5.09. The molecule has 2 fully saturated rings. The lowest BCUT2D eigenvalue weighted by Gasteiger charge is -2.19. The maximum absolute atomic E-state index is 10.4. The van der Waals surface area contributed by atoms with Crippen LogP contribution in [-0.2, 0) is 4.75 Å². The average molecular weight is 234 g/mol. The molecule has 0 spiro atoms. The molecule has 2 saturated heterocycles. The standard InChI is InChI=1S/C12H10OS2/c13-11-7-6-9-10(14-9)12(11,15-11)8-4-2-1-3-5-8/h1-7,9-10,13H. The minimum absolute atomic E-state index is 0.0433. The third kappa shape index (κ3) is 0.924. The Hall–Kier alpha value is -0.380. The highest BCUT2D eigenvalue weighted by Crippen LogP contribution is 2.80. The van der Waals surface area contributed by atoms with Crippen molar-refractivity contribution in [2.75, 3.05) is 0 Å². The van der Waals surface area contributed by atoms with Crippen LogP contribution in [0.15, 0.2) is 42.5 Å². The minimum Gasteiger partial charge on any atom is -0.374 e. The van der Waals surface area contributed by atoms with E-state index in [1.165, 1.54) is 5.56 Å². The number of rotatable bonds is 1. The Balaban J connectivity index is 1.87. The Morgan fingerprint density at radius 2 is 2.00 bits per heavy atom. The largest absolute Gasteiger partial charge is 0.374 e. The van der Waals surface area contributed by atoms with Crippen molar-refractivity contribution in [1.29, 1.82) is 0 Å². The Labute approximate surface area is 97.0 Å². The molecule has 76 valence electrons. The predicted molar refractivity (Wildman–Crippen MR) is 65.0 cm³/mol. The van der Waals surface area contributed by atoms with Crippen molar-refractivity contribution in [2.45, 2.75) is 20.2 Å². The Morgan fingerprint density at radius 1 is 1.20 bits per heavy atom. The number of hydrogen-bond acceptors (Lipinski definition) is 3. The smallest absolute Gasteiger partial charge is 0.150 e. The zero-order valence-electron chi connectivity index (χ0n) is 7.96. The maximum atomic E-state index is 10.4. The molecule has 0 aromatic heterocycles. The molecule has 0 amide bonds. The lowest BCUT2D eigenvalue weighted by Crippen LogP contribution is -2.30. The van der Waals surface area contributed by atoms with Crippen molar-refractivity contribution in [3.05, 3.63) is 48.0 Å². The van der Waals surface area contributed by atoms with E-state index in [2.05, 4.69) is 30.3 Å². The van der Waals surface area contributed by atoms with E-state index in [1.807, 2.05) is 23.9 Å². The Morgan fingerprint density at radius 3 is 2.80 bits per heavy atom. The van der Waals surface area contributed by atoms with Gasteiger partial charge in [0, 0.05) is 10.5 Å². The van der Waals surface area contributed by atoms with Gasteiger partial charge in [0.05, 0.1) is 4.75 Å². The molecule has 0 saturated carbocycles. The second-order valence-electron chi connectivity index (χ2n) is 4.28. The highest BCUT2D eigenvalue weighted by atomic mass is 32.2. The van der Waals surface area contributed by atoms with E-state index in [-0.39, 0.29) is 4.75 Å². The topological polar surface area (TPSA) is 20.2 Å². The zero-order chi connectivity index (χ0) is 10.1. The summed E-state index contributed by atoms with van der Waals surface area (Å²) in [5.41, 5.74) is 1.28. The van der Waals surface area contributed by atoms with Gasteiger partial charge in [0.25, 0.3) is 0 Å². The van der Waals surface area contributed by atoms with E-state index >= 15 is 0 Å². The van der Waals surface area contributed by atoms with Crippen molar-refractivity contribution in [1.82, 2.24) is 0 Å². The van der Waals surface area contributed by atoms with Gasteiger partial charge in [-0.15, -0.1) is 23.5 Å².